The maximum absolute atomic E-state index is 12.5. The van der Waals surface area contributed by atoms with Crippen LogP contribution in [0.25, 0.3) is 10.9 Å². The van der Waals surface area contributed by atoms with Crippen LogP contribution in [0.2, 0.25) is 0 Å². The summed E-state index contributed by atoms with van der Waals surface area (Å²) in [6, 6.07) is 7.92. The molecule has 0 bridgehead atoms. The van der Waals surface area contributed by atoms with Crippen LogP contribution >= 0.6 is 0 Å². The zero-order valence-electron chi connectivity index (χ0n) is 14.7. The zero-order valence-corrected chi connectivity index (χ0v) is 15.5. The SMILES string of the molecule is Cc1[nH]c(=O)[nH]c(=O)c1S(=O)(=O)NCCc1c(C)n(C)c2ccccc12. The molecule has 0 saturated heterocycles. The molecule has 138 valence electrons. The van der Waals surface area contributed by atoms with Crippen molar-refractivity contribution in [3.8, 4) is 0 Å². The molecule has 0 unspecified atom stereocenters. The van der Waals surface area contributed by atoms with Gasteiger partial charge in [-0.05, 0) is 31.9 Å². The number of sulfonamides is 1. The van der Waals surface area contributed by atoms with E-state index >= 15 is 0 Å². The fourth-order valence-corrected chi connectivity index (χ4v) is 4.47. The Kier molecular flexibility index (Phi) is 4.59. The van der Waals surface area contributed by atoms with Gasteiger partial charge in [0.15, 0.2) is 4.90 Å². The maximum atomic E-state index is 12.5. The van der Waals surface area contributed by atoms with Crippen LogP contribution in [0.3, 0.4) is 0 Å². The molecule has 26 heavy (non-hydrogen) atoms. The number of hydrogen-bond acceptors (Lipinski definition) is 4. The van der Waals surface area contributed by atoms with Crippen molar-refractivity contribution >= 4 is 20.9 Å². The molecule has 0 atom stereocenters. The van der Waals surface area contributed by atoms with Gasteiger partial charge in [-0.2, -0.15) is 0 Å². The molecular formula is C17H20N4O4S. The number of nitrogens with one attached hydrogen (secondary N) is 3. The van der Waals surface area contributed by atoms with Crippen molar-refractivity contribution < 1.29 is 8.42 Å². The molecular weight excluding hydrogens is 356 g/mol. The number of aryl methyl sites for hydroxylation is 2. The number of aromatic amines is 2. The molecule has 0 amide bonds. The standard InChI is InChI=1S/C17H20N4O4S/c1-10-15(16(22)20-17(23)19-10)26(24,25)18-9-8-12-11(2)21(3)14-7-5-4-6-13(12)14/h4-7,18H,8-9H2,1-3H3,(H2,19,20,22,23). The van der Waals surface area contributed by atoms with E-state index in [0.717, 1.165) is 22.2 Å². The normalized spacial score (nSPS) is 12.0. The topological polar surface area (TPSA) is 117 Å². The quantitative estimate of drug-likeness (QED) is 0.607. The average molecular weight is 376 g/mol. The zero-order chi connectivity index (χ0) is 19.1. The van der Waals surface area contributed by atoms with Gasteiger partial charge in [0.1, 0.15) is 0 Å². The summed E-state index contributed by atoms with van der Waals surface area (Å²) in [5, 5.41) is 1.07. The number of benzene rings is 1. The van der Waals surface area contributed by atoms with E-state index in [2.05, 4.69) is 14.3 Å². The second-order valence-electron chi connectivity index (χ2n) is 6.15. The number of hydrogen-bond donors (Lipinski definition) is 3. The number of rotatable bonds is 5. The summed E-state index contributed by atoms with van der Waals surface area (Å²) < 4.78 is 29.5. The van der Waals surface area contributed by atoms with Gasteiger partial charge < -0.3 is 9.55 Å². The van der Waals surface area contributed by atoms with Gasteiger partial charge in [-0.25, -0.2) is 17.9 Å². The van der Waals surface area contributed by atoms with E-state index in [9.17, 15) is 18.0 Å². The van der Waals surface area contributed by atoms with E-state index in [-0.39, 0.29) is 12.2 Å². The molecule has 0 saturated carbocycles. The number of aromatic nitrogens is 3. The Morgan fingerprint density at radius 2 is 1.81 bits per heavy atom. The first-order valence-corrected chi connectivity index (χ1v) is 9.56. The van der Waals surface area contributed by atoms with E-state index in [1.54, 1.807) is 0 Å². The van der Waals surface area contributed by atoms with Crippen molar-refractivity contribution in [2.24, 2.45) is 7.05 Å². The summed E-state index contributed by atoms with van der Waals surface area (Å²) in [5.74, 6) is 0. The largest absolute Gasteiger partial charge is 0.348 e. The highest BCUT2D eigenvalue weighted by Crippen LogP contribution is 2.24. The highest BCUT2D eigenvalue weighted by Gasteiger charge is 2.22. The lowest BCUT2D eigenvalue weighted by molar-refractivity contribution is 0.578. The maximum Gasteiger partial charge on any atom is 0.325 e. The van der Waals surface area contributed by atoms with E-state index < -0.39 is 26.2 Å². The van der Waals surface area contributed by atoms with Gasteiger partial charge in [-0.3, -0.25) is 9.78 Å². The van der Waals surface area contributed by atoms with Gasteiger partial charge in [0.05, 0.1) is 0 Å². The highest BCUT2D eigenvalue weighted by atomic mass is 32.2. The molecule has 2 heterocycles. The van der Waals surface area contributed by atoms with Gasteiger partial charge in [0.25, 0.3) is 5.56 Å². The Labute approximate surface area is 149 Å². The molecule has 0 fully saturated rings. The van der Waals surface area contributed by atoms with Gasteiger partial charge >= 0.3 is 5.69 Å². The van der Waals surface area contributed by atoms with Crippen molar-refractivity contribution in [1.29, 1.82) is 0 Å². The fourth-order valence-electron chi connectivity index (χ4n) is 3.21. The van der Waals surface area contributed by atoms with Crippen LogP contribution in [0.1, 0.15) is 17.0 Å². The number of H-pyrrole nitrogens is 2. The van der Waals surface area contributed by atoms with Crippen LogP contribution < -0.4 is 16.0 Å². The lowest BCUT2D eigenvalue weighted by Gasteiger charge is -2.08. The number of fused-ring (bicyclic) bond motifs is 1. The van der Waals surface area contributed by atoms with E-state index in [1.165, 1.54) is 6.92 Å². The summed E-state index contributed by atoms with van der Waals surface area (Å²) in [4.78, 5) is 26.9. The third-order valence-electron chi connectivity index (χ3n) is 4.54. The molecule has 0 aliphatic carbocycles. The van der Waals surface area contributed by atoms with Crippen molar-refractivity contribution in [3.05, 3.63) is 62.1 Å². The molecule has 8 nitrogen and oxygen atoms in total. The third-order valence-corrected chi connectivity index (χ3v) is 6.15. The molecule has 9 heteroatoms. The minimum absolute atomic E-state index is 0.00703. The smallest absolute Gasteiger partial charge is 0.325 e. The van der Waals surface area contributed by atoms with Crippen LogP contribution in [0, 0.1) is 13.8 Å². The molecule has 0 aliphatic rings. The Bertz CT molecular complexity index is 1200. The van der Waals surface area contributed by atoms with Crippen LogP contribution in [0.5, 0.6) is 0 Å². The summed E-state index contributed by atoms with van der Waals surface area (Å²) in [5.41, 5.74) is 1.53. The first-order chi connectivity index (χ1) is 12.2. The lowest BCUT2D eigenvalue weighted by atomic mass is 10.1. The van der Waals surface area contributed by atoms with Crippen molar-refractivity contribution in [1.82, 2.24) is 19.3 Å². The number of nitrogens with zero attached hydrogens (tertiary/aromatic N) is 1. The van der Waals surface area contributed by atoms with Crippen molar-refractivity contribution in [2.75, 3.05) is 6.54 Å². The van der Waals surface area contributed by atoms with Crippen LogP contribution in [-0.4, -0.2) is 29.5 Å². The van der Waals surface area contributed by atoms with Crippen molar-refractivity contribution in [3.63, 3.8) is 0 Å². The van der Waals surface area contributed by atoms with Gasteiger partial charge in [-0.1, -0.05) is 18.2 Å². The molecule has 3 N–H and O–H groups in total. The number of para-hydroxylation sites is 1. The fraction of sp³-hybridized carbons (Fsp3) is 0.294. The van der Waals surface area contributed by atoms with Crippen LogP contribution in [0.4, 0.5) is 0 Å². The molecule has 0 radical (unpaired) electrons. The molecule has 0 spiro atoms. The molecule has 3 aromatic rings. The minimum atomic E-state index is -4.04. The van der Waals surface area contributed by atoms with Crippen LogP contribution in [0.15, 0.2) is 38.8 Å². The second kappa shape index (κ2) is 6.58. The first-order valence-electron chi connectivity index (χ1n) is 8.08. The Balaban J connectivity index is 1.86. The van der Waals surface area contributed by atoms with E-state index in [4.69, 9.17) is 0 Å². The van der Waals surface area contributed by atoms with Gasteiger partial charge in [-0.15, -0.1) is 0 Å². The first kappa shape index (κ1) is 18.2. The molecule has 3 rings (SSSR count). The monoisotopic (exact) mass is 376 g/mol. The highest BCUT2D eigenvalue weighted by molar-refractivity contribution is 7.89. The predicted molar refractivity (Wildman–Crippen MR) is 99.0 cm³/mol. The van der Waals surface area contributed by atoms with Crippen molar-refractivity contribution in [2.45, 2.75) is 25.2 Å². The van der Waals surface area contributed by atoms with E-state index in [0.29, 0.717) is 6.42 Å². The summed E-state index contributed by atoms with van der Waals surface area (Å²) in [7, 11) is -2.07. The van der Waals surface area contributed by atoms with Gasteiger partial charge in [0.2, 0.25) is 10.0 Å². The summed E-state index contributed by atoms with van der Waals surface area (Å²) in [6.07, 6.45) is 0.479. The Hall–Kier alpha value is -2.65. The van der Waals surface area contributed by atoms with E-state index in [1.807, 2.05) is 43.2 Å². The van der Waals surface area contributed by atoms with Gasteiger partial charge in [0, 0.05) is 35.9 Å². The minimum Gasteiger partial charge on any atom is -0.348 e. The molecule has 1 aromatic carbocycles. The lowest BCUT2D eigenvalue weighted by Crippen LogP contribution is -2.35. The predicted octanol–water partition coefficient (Wildman–Crippen LogP) is 0.693. The Morgan fingerprint density at radius 3 is 2.50 bits per heavy atom. The summed E-state index contributed by atoms with van der Waals surface area (Å²) in [6.45, 7) is 3.50. The second-order valence-corrected chi connectivity index (χ2v) is 7.85. The molecule has 2 aromatic heterocycles. The third kappa shape index (κ3) is 3.11. The summed E-state index contributed by atoms with van der Waals surface area (Å²) >= 11 is 0. The van der Waals surface area contributed by atoms with Crippen LogP contribution in [-0.2, 0) is 23.5 Å². The Morgan fingerprint density at radius 1 is 1.12 bits per heavy atom. The average Bonchev–Trinajstić information content (AvgIpc) is 2.79. The molecule has 0 aliphatic heterocycles.